The van der Waals surface area contributed by atoms with Gasteiger partial charge in [-0.15, -0.1) is 0 Å². The molecule has 1 spiro atoms. The predicted molar refractivity (Wildman–Crippen MR) is 119 cm³/mol. The Morgan fingerprint density at radius 2 is 1.91 bits per heavy atom. The van der Waals surface area contributed by atoms with Crippen LogP contribution >= 0.6 is 0 Å². The van der Waals surface area contributed by atoms with Gasteiger partial charge in [0.05, 0.1) is 43.3 Å². The Hall–Kier alpha value is -1.75. The zero-order valence-corrected chi connectivity index (χ0v) is 20.1. The van der Waals surface area contributed by atoms with Gasteiger partial charge in [0.1, 0.15) is 11.6 Å². The summed E-state index contributed by atoms with van der Waals surface area (Å²) in [5.41, 5.74) is -1.85. The Balaban J connectivity index is 1.62. The third kappa shape index (κ3) is 3.84. The lowest BCUT2D eigenvalue weighted by Crippen LogP contribution is -2.59. The highest BCUT2D eigenvalue weighted by Gasteiger charge is 2.78. The van der Waals surface area contributed by atoms with Crippen LogP contribution < -0.4 is 10.6 Å². The third-order valence-corrected chi connectivity index (χ3v) is 8.14. The molecule has 4 aliphatic rings. The fourth-order valence-electron chi connectivity index (χ4n) is 6.46. The molecule has 0 radical (unpaired) electrons. The second-order valence-corrected chi connectivity index (χ2v) is 10.3. The van der Waals surface area contributed by atoms with E-state index in [2.05, 4.69) is 15.5 Å². The second-order valence-electron chi connectivity index (χ2n) is 10.3. The first-order valence-electron chi connectivity index (χ1n) is 12.1. The van der Waals surface area contributed by atoms with E-state index in [-0.39, 0.29) is 30.2 Å². The first-order chi connectivity index (χ1) is 15.7. The van der Waals surface area contributed by atoms with Crippen molar-refractivity contribution in [2.75, 3.05) is 53.0 Å². The van der Waals surface area contributed by atoms with Gasteiger partial charge < -0.3 is 30.1 Å². The van der Waals surface area contributed by atoms with Crippen LogP contribution in [0.5, 0.6) is 0 Å². The van der Waals surface area contributed by atoms with Gasteiger partial charge in [0, 0.05) is 33.2 Å². The summed E-state index contributed by atoms with van der Waals surface area (Å²) >= 11 is 0. The van der Waals surface area contributed by atoms with Gasteiger partial charge in [-0.3, -0.25) is 19.3 Å². The van der Waals surface area contributed by atoms with Gasteiger partial charge >= 0.3 is 0 Å². The van der Waals surface area contributed by atoms with E-state index in [0.717, 1.165) is 13.1 Å². The zero-order valence-electron chi connectivity index (χ0n) is 20.1. The van der Waals surface area contributed by atoms with Crippen molar-refractivity contribution < 1.29 is 29.0 Å². The minimum Gasteiger partial charge on any atom is -0.394 e. The van der Waals surface area contributed by atoms with Crippen LogP contribution in [0.1, 0.15) is 33.6 Å². The quantitative estimate of drug-likeness (QED) is 0.418. The first kappa shape index (κ1) is 24.4. The van der Waals surface area contributed by atoms with Gasteiger partial charge in [0.15, 0.2) is 0 Å². The number of fused-ring (bicyclic) bond motifs is 1. The molecule has 2 unspecified atom stereocenters. The van der Waals surface area contributed by atoms with E-state index in [9.17, 15) is 19.5 Å². The summed E-state index contributed by atoms with van der Waals surface area (Å²) in [6.07, 6.45) is 1.13. The summed E-state index contributed by atoms with van der Waals surface area (Å²) in [7, 11) is 1.56. The Labute approximate surface area is 195 Å². The predicted octanol–water partition coefficient (Wildman–Crippen LogP) is -1.04. The molecule has 4 fully saturated rings. The van der Waals surface area contributed by atoms with Crippen molar-refractivity contribution in [2.24, 2.45) is 17.8 Å². The maximum absolute atomic E-state index is 13.8. The molecular weight excluding hydrogens is 428 g/mol. The molecule has 3 N–H and O–H groups in total. The standard InChI is InChI=1S/C23H38N4O6/c1-14(2)15(13-28)27-18(20(30)25-7-8-26-9-11-32-12-10-26)23-6-5-22(3,33-23)16(19(29)24-4)17(23)21(27)31/h14-18,28H,5-13H2,1-4H3,(H,24,29)(H,25,30)/t15-,16+,17-,18?,22-,23?/m0/s1. The summed E-state index contributed by atoms with van der Waals surface area (Å²) in [6.45, 7) is 9.61. The van der Waals surface area contributed by atoms with E-state index in [1.54, 1.807) is 7.05 Å². The van der Waals surface area contributed by atoms with E-state index in [1.807, 2.05) is 20.8 Å². The normalized spacial score (nSPS) is 36.8. The largest absolute Gasteiger partial charge is 0.394 e. The molecule has 6 atom stereocenters. The molecule has 33 heavy (non-hydrogen) atoms. The van der Waals surface area contributed by atoms with Gasteiger partial charge in [-0.05, 0) is 25.7 Å². The molecule has 10 nitrogen and oxygen atoms in total. The number of likely N-dealkylation sites (tertiary alicyclic amines) is 1. The van der Waals surface area contributed by atoms with Crippen molar-refractivity contribution in [1.29, 1.82) is 0 Å². The number of hydrogen-bond acceptors (Lipinski definition) is 7. The molecule has 10 heteroatoms. The minimum atomic E-state index is -1.06. The molecule has 0 aromatic rings. The van der Waals surface area contributed by atoms with Gasteiger partial charge in [-0.1, -0.05) is 13.8 Å². The Kier molecular flexibility index (Phi) is 6.74. The molecule has 4 heterocycles. The van der Waals surface area contributed by atoms with Crippen LogP contribution in [-0.4, -0.2) is 109 Å². The Morgan fingerprint density at radius 1 is 1.21 bits per heavy atom. The van der Waals surface area contributed by atoms with Crippen LogP contribution in [-0.2, 0) is 23.9 Å². The highest BCUT2D eigenvalue weighted by atomic mass is 16.5. The molecule has 4 saturated heterocycles. The van der Waals surface area contributed by atoms with Crippen molar-refractivity contribution in [3.05, 3.63) is 0 Å². The monoisotopic (exact) mass is 466 g/mol. The molecule has 4 aliphatic heterocycles. The van der Waals surface area contributed by atoms with Crippen molar-refractivity contribution >= 4 is 17.7 Å². The highest BCUT2D eigenvalue weighted by molar-refractivity contribution is 5.99. The average molecular weight is 467 g/mol. The van der Waals surface area contributed by atoms with Crippen LogP contribution in [0.15, 0.2) is 0 Å². The molecule has 0 aromatic carbocycles. The number of morpholine rings is 1. The van der Waals surface area contributed by atoms with Crippen LogP contribution in [0.2, 0.25) is 0 Å². The summed E-state index contributed by atoms with van der Waals surface area (Å²) in [5.74, 6) is -2.25. The molecule has 0 saturated carbocycles. The molecule has 4 rings (SSSR count). The minimum absolute atomic E-state index is 0.0657. The number of amides is 3. The fraction of sp³-hybridized carbons (Fsp3) is 0.870. The number of carbonyl (C=O) groups is 3. The fourth-order valence-corrected chi connectivity index (χ4v) is 6.46. The molecule has 0 aromatic heterocycles. The Bertz CT molecular complexity index is 787. The van der Waals surface area contributed by atoms with Gasteiger partial charge in [0.2, 0.25) is 17.7 Å². The van der Waals surface area contributed by atoms with Crippen LogP contribution in [0.25, 0.3) is 0 Å². The van der Waals surface area contributed by atoms with Crippen molar-refractivity contribution in [3.8, 4) is 0 Å². The molecule has 0 aliphatic carbocycles. The molecule has 2 bridgehead atoms. The van der Waals surface area contributed by atoms with E-state index in [0.29, 0.717) is 39.1 Å². The topological polar surface area (TPSA) is 120 Å². The SMILES string of the molecule is CNC(=O)[C@H]1[C@H]2C(=O)N([C@@H](CO)C(C)C)C(C(=O)NCCN3CCOCC3)C23CC[C@]1(C)O3. The third-order valence-electron chi connectivity index (χ3n) is 8.14. The maximum atomic E-state index is 13.8. The lowest BCUT2D eigenvalue weighted by Gasteiger charge is -2.38. The molecule has 186 valence electrons. The first-order valence-corrected chi connectivity index (χ1v) is 12.1. The smallest absolute Gasteiger partial charge is 0.245 e. The lowest BCUT2D eigenvalue weighted by molar-refractivity contribution is -0.150. The van der Waals surface area contributed by atoms with Crippen molar-refractivity contribution in [2.45, 2.75) is 56.9 Å². The second kappa shape index (κ2) is 9.13. The summed E-state index contributed by atoms with van der Waals surface area (Å²) in [5, 5.41) is 15.9. The van der Waals surface area contributed by atoms with Crippen molar-refractivity contribution in [3.63, 3.8) is 0 Å². The van der Waals surface area contributed by atoms with Gasteiger partial charge in [-0.2, -0.15) is 0 Å². The summed E-state index contributed by atoms with van der Waals surface area (Å²) in [4.78, 5) is 44.1. The number of ether oxygens (including phenoxy) is 2. The number of rotatable bonds is 8. The zero-order chi connectivity index (χ0) is 24.0. The van der Waals surface area contributed by atoms with Crippen LogP contribution in [0, 0.1) is 17.8 Å². The van der Waals surface area contributed by atoms with Crippen molar-refractivity contribution in [1.82, 2.24) is 20.4 Å². The molecule has 3 amide bonds. The Morgan fingerprint density at radius 3 is 2.52 bits per heavy atom. The maximum Gasteiger partial charge on any atom is 0.245 e. The van der Waals surface area contributed by atoms with Gasteiger partial charge in [-0.25, -0.2) is 0 Å². The van der Waals surface area contributed by atoms with Crippen LogP contribution in [0.3, 0.4) is 0 Å². The van der Waals surface area contributed by atoms with Gasteiger partial charge in [0.25, 0.3) is 0 Å². The van der Waals surface area contributed by atoms with E-state index in [1.165, 1.54) is 4.90 Å². The van der Waals surface area contributed by atoms with Crippen LogP contribution in [0.4, 0.5) is 0 Å². The number of carbonyl (C=O) groups excluding carboxylic acids is 3. The number of hydrogen-bond donors (Lipinski definition) is 3. The number of aliphatic hydroxyl groups is 1. The van der Waals surface area contributed by atoms with E-state index >= 15 is 0 Å². The number of aliphatic hydroxyl groups excluding tert-OH is 1. The summed E-state index contributed by atoms with van der Waals surface area (Å²) < 4.78 is 11.9. The highest BCUT2D eigenvalue weighted by Crippen LogP contribution is 2.63. The number of nitrogens with one attached hydrogen (secondary N) is 2. The summed E-state index contributed by atoms with van der Waals surface area (Å²) in [6, 6.07) is -1.41. The average Bonchev–Trinajstić information content (AvgIpc) is 3.35. The lowest BCUT2D eigenvalue weighted by atomic mass is 9.66. The number of nitrogens with zero attached hydrogens (tertiary/aromatic N) is 2. The molecular formula is C23H38N4O6. The van der Waals surface area contributed by atoms with E-state index < -0.39 is 35.1 Å². The van der Waals surface area contributed by atoms with E-state index in [4.69, 9.17) is 9.47 Å².